The van der Waals surface area contributed by atoms with Crippen molar-refractivity contribution in [2.75, 3.05) is 6.26 Å². The number of rotatable bonds is 2. The van der Waals surface area contributed by atoms with E-state index in [9.17, 15) is 8.42 Å². The van der Waals surface area contributed by atoms with Crippen LogP contribution in [0.5, 0.6) is 5.75 Å². The van der Waals surface area contributed by atoms with Gasteiger partial charge in [-0.05, 0) is 30.7 Å². The predicted molar refractivity (Wildman–Crippen MR) is 54.4 cm³/mol. The van der Waals surface area contributed by atoms with Crippen LogP contribution in [0.15, 0.2) is 22.7 Å². The van der Waals surface area contributed by atoms with Gasteiger partial charge >= 0.3 is 10.1 Å². The third-order valence-corrected chi connectivity index (χ3v) is 2.76. The summed E-state index contributed by atoms with van der Waals surface area (Å²) >= 11 is 3.30. The molecule has 0 unspecified atom stereocenters. The molecule has 0 heterocycles. The molecule has 0 saturated carbocycles. The van der Waals surface area contributed by atoms with Crippen LogP contribution in [0.2, 0.25) is 0 Å². The van der Waals surface area contributed by atoms with Crippen molar-refractivity contribution in [2.45, 2.75) is 6.92 Å². The van der Waals surface area contributed by atoms with Crippen LogP contribution in [-0.2, 0) is 10.1 Å². The van der Waals surface area contributed by atoms with Gasteiger partial charge in [0.05, 0.1) is 6.26 Å². The fourth-order valence-corrected chi connectivity index (χ4v) is 1.54. The van der Waals surface area contributed by atoms with Crippen molar-refractivity contribution in [2.24, 2.45) is 0 Å². The van der Waals surface area contributed by atoms with E-state index >= 15 is 0 Å². The van der Waals surface area contributed by atoms with E-state index in [0.717, 1.165) is 16.3 Å². The molecule has 0 aliphatic carbocycles. The summed E-state index contributed by atoms with van der Waals surface area (Å²) in [7, 11) is -3.42. The van der Waals surface area contributed by atoms with Gasteiger partial charge in [0.15, 0.2) is 0 Å². The minimum atomic E-state index is -3.42. The van der Waals surface area contributed by atoms with E-state index in [1.165, 1.54) is 0 Å². The van der Waals surface area contributed by atoms with Crippen molar-refractivity contribution in [3.05, 3.63) is 28.2 Å². The van der Waals surface area contributed by atoms with Crippen molar-refractivity contribution < 1.29 is 12.6 Å². The van der Waals surface area contributed by atoms with E-state index in [4.69, 9.17) is 0 Å². The second-order valence-electron chi connectivity index (χ2n) is 2.70. The van der Waals surface area contributed by atoms with E-state index in [-0.39, 0.29) is 0 Å². The van der Waals surface area contributed by atoms with Gasteiger partial charge < -0.3 is 4.18 Å². The summed E-state index contributed by atoms with van der Waals surface area (Å²) in [5.74, 6) is 0.336. The zero-order chi connectivity index (χ0) is 10.1. The molecule has 0 radical (unpaired) electrons. The average Bonchev–Trinajstić information content (AvgIpc) is 1.94. The van der Waals surface area contributed by atoms with Crippen LogP contribution < -0.4 is 4.18 Å². The smallest absolute Gasteiger partial charge is 0.306 e. The summed E-state index contributed by atoms with van der Waals surface area (Å²) in [6.07, 6.45) is 1.02. The van der Waals surface area contributed by atoms with E-state index in [2.05, 4.69) is 20.1 Å². The lowest BCUT2D eigenvalue weighted by Gasteiger charge is -2.04. The van der Waals surface area contributed by atoms with Gasteiger partial charge in [0, 0.05) is 4.47 Å². The SMILES string of the molecule is Cc1cc(OS(C)(=O)=O)ccc1Br. The van der Waals surface area contributed by atoms with Crippen LogP contribution in [0.1, 0.15) is 5.56 Å². The monoisotopic (exact) mass is 264 g/mol. The van der Waals surface area contributed by atoms with Gasteiger partial charge in [0.25, 0.3) is 0 Å². The van der Waals surface area contributed by atoms with Crippen molar-refractivity contribution in [1.29, 1.82) is 0 Å². The zero-order valence-electron chi connectivity index (χ0n) is 7.24. The number of hydrogen-bond acceptors (Lipinski definition) is 3. The highest BCUT2D eigenvalue weighted by atomic mass is 79.9. The highest BCUT2D eigenvalue weighted by Crippen LogP contribution is 2.22. The first-order valence-corrected chi connectivity index (χ1v) is 6.15. The number of hydrogen-bond donors (Lipinski definition) is 0. The Kier molecular flexibility index (Phi) is 2.98. The Hall–Kier alpha value is -0.550. The Morgan fingerprint density at radius 2 is 2.00 bits per heavy atom. The Morgan fingerprint density at radius 3 is 2.46 bits per heavy atom. The molecule has 0 N–H and O–H groups in total. The van der Waals surface area contributed by atoms with Gasteiger partial charge in [-0.15, -0.1) is 0 Å². The second-order valence-corrected chi connectivity index (χ2v) is 5.13. The third-order valence-electron chi connectivity index (χ3n) is 1.38. The molecule has 0 aliphatic heterocycles. The molecule has 1 rings (SSSR count). The van der Waals surface area contributed by atoms with Gasteiger partial charge in [-0.1, -0.05) is 15.9 Å². The number of halogens is 1. The Labute approximate surface area is 86.0 Å². The summed E-state index contributed by atoms with van der Waals surface area (Å²) in [6, 6.07) is 5.00. The standard InChI is InChI=1S/C8H9BrO3S/c1-6-5-7(3-4-8(6)9)12-13(2,10)11/h3-5H,1-2H3. The first kappa shape index (κ1) is 10.5. The summed E-state index contributed by atoms with van der Waals surface area (Å²) in [5, 5.41) is 0. The minimum absolute atomic E-state index is 0.336. The van der Waals surface area contributed by atoms with E-state index in [1.54, 1.807) is 18.2 Å². The molecule has 0 aliphatic rings. The van der Waals surface area contributed by atoms with Crippen molar-refractivity contribution in [3.63, 3.8) is 0 Å². The molecule has 3 nitrogen and oxygen atoms in total. The second kappa shape index (κ2) is 3.67. The van der Waals surface area contributed by atoms with Gasteiger partial charge in [0.1, 0.15) is 5.75 Å². The topological polar surface area (TPSA) is 43.4 Å². The van der Waals surface area contributed by atoms with Crippen molar-refractivity contribution in [1.82, 2.24) is 0 Å². The maximum absolute atomic E-state index is 10.8. The Morgan fingerprint density at radius 1 is 1.38 bits per heavy atom. The number of benzene rings is 1. The Balaban J connectivity index is 2.99. The fraction of sp³-hybridized carbons (Fsp3) is 0.250. The Bertz CT molecular complexity index is 411. The van der Waals surface area contributed by atoms with Crippen LogP contribution in [0.25, 0.3) is 0 Å². The molecule has 0 atom stereocenters. The fourth-order valence-electron chi connectivity index (χ4n) is 0.844. The van der Waals surface area contributed by atoms with Gasteiger partial charge in [-0.3, -0.25) is 0 Å². The average molecular weight is 265 g/mol. The quantitative estimate of drug-likeness (QED) is 0.769. The molecule has 0 fully saturated rings. The first-order valence-electron chi connectivity index (χ1n) is 3.54. The third kappa shape index (κ3) is 3.36. The summed E-state index contributed by atoms with van der Waals surface area (Å²) in [6.45, 7) is 1.86. The summed E-state index contributed by atoms with van der Waals surface area (Å²) < 4.78 is 27.1. The molecule has 0 saturated heterocycles. The molecule has 0 spiro atoms. The molecule has 5 heteroatoms. The van der Waals surface area contributed by atoms with Crippen LogP contribution in [0, 0.1) is 6.92 Å². The molecule has 1 aromatic carbocycles. The van der Waals surface area contributed by atoms with Crippen LogP contribution in [0.3, 0.4) is 0 Å². The van der Waals surface area contributed by atoms with E-state index in [1.807, 2.05) is 6.92 Å². The molecule has 72 valence electrons. The zero-order valence-corrected chi connectivity index (χ0v) is 9.65. The molecular weight excluding hydrogens is 256 g/mol. The highest BCUT2D eigenvalue weighted by Gasteiger charge is 2.04. The lowest BCUT2D eigenvalue weighted by atomic mass is 10.2. The van der Waals surface area contributed by atoms with Crippen molar-refractivity contribution >= 4 is 26.0 Å². The minimum Gasteiger partial charge on any atom is -0.383 e. The molecular formula is C8H9BrO3S. The van der Waals surface area contributed by atoms with Gasteiger partial charge in [0.2, 0.25) is 0 Å². The lowest BCUT2D eigenvalue weighted by Crippen LogP contribution is -2.05. The summed E-state index contributed by atoms with van der Waals surface area (Å²) in [4.78, 5) is 0. The predicted octanol–water partition coefficient (Wildman–Crippen LogP) is 2.10. The maximum Gasteiger partial charge on any atom is 0.306 e. The normalized spacial score (nSPS) is 11.3. The highest BCUT2D eigenvalue weighted by molar-refractivity contribution is 9.10. The van der Waals surface area contributed by atoms with E-state index < -0.39 is 10.1 Å². The molecule has 1 aromatic rings. The molecule has 13 heavy (non-hydrogen) atoms. The van der Waals surface area contributed by atoms with Crippen LogP contribution in [0.4, 0.5) is 0 Å². The van der Waals surface area contributed by atoms with Gasteiger partial charge in [-0.2, -0.15) is 8.42 Å². The molecule has 0 aromatic heterocycles. The van der Waals surface area contributed by atoms with Crippen LogP contribution >= 0.6 is 15.9 Å². The van der Waals surface area contributed by atoms with Crippen molar-refractivity contribution in [3.8, 4) is 5.75 Å². The van der Waals surface area contributed by atoms with E-state index in [0.29, 0.717) is 5.75 Å². The number of aryl methyl sites for hydroxylation is 1. The maximum atomic E-state index is 10.8. The largest absolute Gasteiger partial charge is 0.383 e. The van der Waals surface area contributed by atoms with Gasteiger partial charge in [-0.25, -0.2) is 0 Å². The summed E-state index contributed by atoms with van der Waals surface area (Å²) in [5.41, 5.74) is 0.932. The molecule has 0 bridgehead atoms. The van der Waals surface area contributed by atoms with Crippen LogP contribution in [-0.4, -0.2) is 14.7 Å². The lowest BCUT2D eigenvalue weighted by molar-refractivity contribution is 0.493. The molecule has 0 amide bonds. The first-order chi connectivity index (χ1) is 5.88.